The molecule has 2 aliphatic heterocycles. The minimum absolute atomic E-state index is 0.0290. The lowest BCUT2D eigenvalue weighted by Gasteiger charge is -2.26. The molecule has 4 amide bonds. The number of hydrogen-bond acceptors (Lipinski definition) is 8. The molecular weight excluding hydrogens is 697 g/mol. The fourth-order valence-corrected chi connectivity index (χ4v) is 6.80. The number of carboxylic acid groups (broad SMARTS) is 1. The molecule has 5 N–H and O–H groups in total. The number of hydrogen-bond donors (Lipinski definition) is 5. The zero-order chi connectivity index (χ0) is 37.7. The standard InChI is InChI=1S/C40H42N4O8S/c1-52-30-15-11-27(12-16-30)22-33-38(48)43-32(21-25-6-3-2-4-7-25)35(45)23-28(40(50)51)20-26-9-13-29(14-10-26)41-36(46)17-18-37(47)42-34(39(49)44-33)24-31-8-5-19-53-31/h2-16,19,28,32-34H,17-18,20-24H2,1H3,(H,41,46)(H,42,47)(H,43,48)(H,44,49)(H,50,51)/t28-,32-,33+,34-/m1/s1. The van der Waals surface area contributed by atoms with Crippen molar-refractivity contribution < 1.29 is 38.6 Å². The number of anilines is 1. The highest BCUT2D eigenvalue weighted by atomic mass is 32.1. The van der Waals surface area contributed by atoms with E-state index in [1.165, 1.54) is 18.4 Å². The van der Waals surface area contributed by atoms with Crippen LogP contribution in [0.2, 0.25) is 0 Å². The molecule has 6 rings (SSSR count). The summed E-state index contributed by atoms with van der Waals surface area (Å²) in [5, 5.41) is 23.1. The molecule has 4 atom stereocenters. The van der Waals surface area contributed by atoms with Gasteiger partial charge in [-0.2, -0.15) is 0 Å². The van der Waals surface area contributed by atoms with Crippen molar-refractivity contribution >= 4 is 52.4 Å². The number of ketones is 1. The Hall–Kier alpha value is -5.82. The van der Waals surface area contributed by atoms with E-state index in [1.54, 1.807) is 60.7 Å². The zero-order valence-corrected chi connectivity index (χ0v) is 30.0. The Labute approximate surface area is 311 Å². The molecule has 0 aliphatic carbocycles. The van der Waals surface area contributed by atoms with Crippen molar-refractivity contribution in [3.63, 3.8) is 0 Å². The van der Waals surface area contributed by atoms with Gasteiger partial charge in [-0.15, -0.1) is 11.3 Å². The fraction of sp³-hybridized carbons (Fsp3) is 0.300. The number of aliphatic carboxylic acids is 1. The maximum atomic E-state index is 14.2. The van der Waals surface area contributed by atoms with Crippen LogP contribution in [0.4, 0.5) is 5.69 Å². The third-order valence-electron chi connectivity index (χ3n) is 8.95. The van der Waals surface area contributed by atoms with Crippen molar-refractivity contribution in [2.24, 2.45) is 5.92 Å². The average molecular weight is 739 g/mol. The molecular formula is C40H42N4O8S. The Morgan fingerprint density at radius 3 is 1.96 bits per heavy atom. The molecule has 276 valence electrons. The molecule has 53 heavy (non-hydrogen) atoms. The van der Waals surface area contributed by atoms with Crippen LogP contribution in [0.25, 0.3) is 0 Å². The Kier molecular flexibility index (Phi) is 13.5. The Morgan fingerprint density at radius 2 is 1.32 bits per heavy atom. The molecule has 0 radical (unpaired) electrons. The summed E-state index contributed by atoms with van der Waals surface area (Å²) in [5.74, 6) is -4.40. The van der Waals surface area contributed by atoms with E-state index in [-0.39, 0.29) is 44.9 Å². The number of ether oxygens (including phenoxy) is 1. The summed E-state index contributed by atoms with van der Waals surface area (Å²) in [5.41, 5.74) is 2.52. The van der Waals surface area contributed by atoms with Crippen LogP contribution in [0.5, 0.6) is 5.75 Å². The van der Waals surface area contributed by atoms with Gasteiger partial charge in [-0.05, 0) is 65.2 Å². The summed E-state index contributed by atoms with van der Waals surface area (Å²) in [4.78, 5) is 81.3. The second-order valence-corrected chi connectivity index (χ2v) is 14.0. The van der Waals surface area contributed by atoms with E-state index in [0.29, 0.717) is 22.6 Å². The minimum atomic E-state index is -1.20. The molecule has 4 aromatic rings. The number of thiophene rings is 1. The van der Waals surface area contributed by atoms with Crippen molar-refractivity contribution in [2.75, 3.05) is 12.4 Å². The highest BCUT2D eigenvalue weighted by Crippen LogP contribution is 2.20. The van der Waals surface area contributed by atoms with Crippen molar-refractivity contribution in [1.29, 1.82) is 0 Å². The largest absolute Gasteiger partial charge is 0.497 e. The number of carbonyl (C=O) groups excluding carboxylic acids is 5. The predicted molar refractivity (Wildman–Crippen MR) is 199 cm³/mol. The quantitative estimate of drug-likeness (QED) is 0.169. The molecule has 3 aromatic carbocycles. The number of methoxy groups -OCH3 is 1. The van der Waals surface area contributed by atoms with Crippen LogP contribution < -0.4 is 26.0 Å². The van der Waals surface area contributed by atoms with Gasteiger partial charge in [0.25, 0.3) is 0 Å². The first-order valence-corrected chi connectivity index (χ1v) is 18.2. The summed E-state index contributed by atoms with van der Waals surface area (Å²) in [6.45, 7) is 0. The van der Waals surface area contributed by atoms with Gasteiger partial charge in [0.15, 0.2) is 5.78 Å². The molecule has 12 nitrogen and oxygen atoms in total. The highest BCUT2D eigenvalue weighted by molar-refractivity contribution is 7.09. The van der Waals surface area contributed by atoms with Gasteiger partial charge >= 0.3 is 5.97 Å². The monoisotopic (exact) mass is 738 g/mol. The molecule has 2 bridgehead atoms. The molecule has 0 saturated carbocycles. The number of fused-ring (bicyclic) bond motifs is 18. The van der Waals surface area contributed by atoms with Crippen LogP contribution in [0.15, 0.2) is 96.4 Å². The van der Waals surface area contributed by atoms with Crippen LogP contribution in [-0.2, 0) is 54.5 Å². The van der Waals surface area contributed by atoms with E-state index < -0.39 is 59.4 Å². The van der Waals surface area contributed by atoms with Crippen molar-refractivity contribution in [3.05, 3.63) is 118 Å². The van der Waals surface area contributed by atoms with E-state index in [9.17, 15) is 33.9 Å². The number of carbonyl (C=O) groups is 6. The smallest absolute Gasteiger partial charge is 0.307 e. The van der Waals surface area contributed by atoms with Gasteiger partial charge in [-0.3, -0.25) is 28.8 Å². The molecule has 0 spiro atoms. The first-order chi connectivity index (χ1) is 25.6. The van der Waals surface area contributed by atoms with Gasteiger partial charge in [0.1, 0.15) is 17.8 Å². The second-order valence-electron chi connectivity index (χ2n) is 12.9. The summed E-state index contributed by atoms with van der Waals surface area (Å²) in [6.07, 6.45) is -0.434. The Morgan fingerprint density at radius 1 is 0.698 bits per heavy atom. The molecule has 0 unspecified atom stereocenters. The van der Waals surface area contributed by atoms with Crippen LogP contribution in [0.1, 0.15) is 40.8 Å². The summed E-state index contributed by atoms with van der Waals surface area (Å²) < 4.78 is 5.27. The molecule has 0 fully saturated rings. The number of amides is 4. The van der Waals surface area contributed by atoms with Crippen molar-refractivity contribution in [2.45, 2.75) is 63.1 Å². The van der Waals surface area contributed by atoms with E-state index in [2.05, 4.69) is 21.3 Å². The molecule has 2 aliphatic rings. The van der Waals surface area contributed by atoms with Crippen LogP contribution in [-0.4, -0.2) is 65.7 Å². The molecule has 0 saturated heterocycles. The van der Waals surface area contributed by atoms with E-state index in [0.717, 1.165) is 10.4 Å². The van der Waals surface area contributed by atoms with E-state index in [1.807, 2.05) is 35.7 Å². The number of Topliss-reactive ketones (excluding diaryl/α,β-unsaturated/α-hetero) is 1. The van der Waals surface area contributed by atoms with Crippen molar-refractivity contribution in [3.8, 4) is 5.75 Å². The molecule has 1 aromatic heterocycles. The lowest BCUT2D eigenvalue weighted by atomic mass is 9.90. The molecule has 3 heterocycles. The Bertz CT molecular complexity index is 1880. The van der Waals surface area contributed by atoms with Gasteiger partial charge in [0.05, 0.1) is 19.1 Å². The number of carboxylic acids is 1. The van der Waals surface area contributed by atoms with Gasteiger partial charge in [0.2, 0.25) is 23.6 Å². The van der Waals surface area contributed by atoms with Gasteiger partial charge in [-0.1, -0.05) is 60.7 Å². The number of benzene rings is 3. The topological polar surface area (TPSA) is 180 Å². The molecule has 13 heteroatoms. The van der Waals surface area contributed by atoms with E-state index >= 15 is 0 Å². The second kappa shape index (κ2) is 18.6. The summed E-state index contributed by atoms with van der Waals surface area (Å²) in [6, 6.07) is 22.8. The SMILES string of the molecule is COc1ccc(C[C@@H]2NC(=O)[C@@H](Cc3cccs3)NC(=O)CCC(=O)Nc3ccc(cc3)C[C@@H](C(=O)O)CC(=O)[C@@H](Cc3ccccc3)NC2=O)cc1. The average Bonchev–Trinajstić information content (AvgIpc) is 3.67. The lowest BCUT2D eigenvalue weighted by Crippen LogP contribution is -2.57. The first-order valence-electron chi connectivity index (χ1n) is 17.3. The van der Waals surface area contributed by atoms with Crippen LogP contribution >= 0.6 is 11.3 Å². The minimum Gasteiger partial charge on any atom is -0.497 e. The van der Waals surface area contributed by atoms with Gasteiger partial charge < -0.3 is 31.1 Å². The predicted octanol–water partition coefficient (Wildman–Crippen LogP) is 3.87. The Balaban J connectivity index is 1.50. The third kappa shape index (κ3) is 11.6. The van der Waals surface area contributed by atoms with Gasteiger partial charge in [0, 0.05) is 42.7 Å². The normalized spacial score (nSPS) is 20.7. The fourth-order valence-electron chi connectivity index (χ4n) is 6.04. The third-order valence-corrected chi connectivity index (χ3v) is 9.85. The van der Waals surface area contributed by atoms with Gasteiger partial charge in [-0.25, -0.2) is 0 Å². The van der Waals surface area contributed by atoms with Crippen molar-refractivity contribution in [1.82, 2.24) is 16.0 Å². The zero-order valence-electron chi connectivity index (χ0n) is 29.2. The maximum absolute atomic E-state index is 14.2. The van der Waals surface area contributed by atoms with Crippen LogP contribution in [0, 0.1) is 5.92 Å². The maximum Gasteiger partial charge on any atom is 0.307 e. The highest BCUT2D eigenvalue weighted by Gasteiger charge is 2.32. The first kappa shape index (κ1) is 38.4. The lowest BCUT2D eigenvalue weighted by molar-refractivity contribution is -0.144. The summed E-state index contributed by atoms with van der Waals surface area (Å²) in [7, 11) is 1.53. The van der Waals surface area contributed by atoms with Crippen LogP contribution in [0.3, 0.4) is 0 Å². The summed E-state index contributed by atoms with van der Waals surface area (Å²) >= 11 is 1.40. The number of nitrogens with one attached hydrogen (secondary N) is 4. The van der Waals surface area contributed by atoms with E-state index in [4.69, 9.17) is 4.74 Å². The number of rotatable bonds is 8.